The Balaban J connectivity index is 2.09. The van der Waals surface area contributed by atoms with E-state index in [1.54, 1.807) is 56.3 Å². The van der Waals surface area contributed by atoms with Gasteiger partial charge in [0.2, 0.25) is 11.8 Å². The van der Waals surface area contributed by atoms with Crippen LogP contribution in [-0.4, -0.2) is 43.8 Å². The van der Waals surface area contributed by atoms with Crippen LogP contribution in [0.15, 0.2) is 65.6 Å². The topological polar surface area (TPSA) is 86.8 Å². The quantitative estimate of drug-likeness (QED) is 0.283. The minimum absolute atomic E-state index is 0.00461. The van der Waals surface area contributed by atoms with Crippen molar-refractivity contribution in [3.05, 3.63) is 92.4 Å². The summed E-state index contributed by atoms with van der Waals surface area (Å²) in [6.45, 7) is 8.23. The summed E-state index contributed by atoms with van der Waals surface area (Å²) >= 11 is 18.5. The van der Waals surface area contributed by atoms with E-state index < -0.39 is 28.5 Å². The van der Waals surface area contributed by atoms with Crippen LogP contribution in [-0.2, 0) is 26.2 Å². The van der Waals surface area contributed by atoms with Gasteiger partial charge in [0, 0.05) is 17.6 Å². The van der Waals surface area contributed by atoms with Crippen molar-refractivity contribution in [2.24, 2.45) is 0 Å². The first-order chi connectivity index (χ1) is 18.7. The summed E-state index contributed by atoms with van der Waals surface area (Å²) < 4.78 is 28.9. The Kier molecular flexibility index (Phi) is 10.5. The lowest BCUT2D eigenvalue weighted by molar-refractivity contribution is -0.139. The van der Waals surface area contributed by atoms with Crippen molar-refractivity contribution in [1.29, 1.82) is 0 Å². The van der Waals surface area contributed by atoms with Gasteiger partial charge in [-0.3, -0.25) is 13.9 Å². The minimum Gasteiger partial charge on any atom is -0.352 e. The SMILES string of the molecule is Cc1ccc(S(=O)(=O)N(CC(=O)N(Cc2ccc(Cl)c(Cl)c2)C(C)C(=O)NC(C)C)c2cc(Cl)ccc2C)cc1. The molecule has 0 heterocycles. The van der Waals surface area contributed by atoms with Crippen molar-refractivity contribution >= 4 is 62.3 Å². The maximum absolute atomic E-state index is 14.0. The fourth-order valence-electron chi connectivity index (χ4n) is 4.02. The molecule has 1 unspecified atom stereocenters. The summed E-state index contributed by atoms with van der Waals surface area (Å²) in [4.78, 5) is 28.4. The number of anilines is 1. The number of hydrogen-bond donors (Lipinski definition) is 1. The highest BCUT2D eigenvalue weighted by Crippen LogP contribution is 2.30. The maximum atomic E-state index is 14.0. The van der Waals surface area contributed by atoms with Gasteiger partial charge in [-0.05, 0) is 82.1 Å². The third kappa shape index (κ3) is 7.69. The molecule has 214 valence electrons. The van der Waals surface area contributed by atoms with E-state index in [-0.39, 0.29) is 29.1 Å². The van der Waals surface area contributed by atoms with Crippen LogP contribution in [0.2, 0.25) is 15.1 Å². The third-order valence-corrected chi connectivity index (χ3v) is 9.01. The normalized spacial score (nSPS) is 12.2. The van der Waals surface area contributed by atoms with Crippen LogP contribution in [0.25, 0.3) is 0 Å². The molecule has 0 saturated carbocycles. The molecule has 3 rings (SSSR count). The maximum Gasteiger partial charge on any atom is 0.264 e. The van der Waals surface area contributed by atoms with E-state index in [9.17, 15) is 18.0 Å². The Labute approximate surface area is 251 Å². The molecule has 11 heteroatoms. The second-order valence-electron chi connectivity index (χ2n) is 9.86. The molecule has 1 N–H and O–H groups in total. The van der Waals surface area contributed by atoms with Gasteiger partial charge in [-0.15, -0.1) is 0 Å². The number of benzene rings is 3. The Morgan fingerprint density at radius 2 is 1.52 bits per heavy atom. The lowest BCUT2D eigenvalue weighted by Crippen LogP contribution is -2.52. The molecule has 0 radical (unpaired) electrons. The first kappa shape index (κ1) is 31.7. The Bertz CT molecular complexity index is 1490. The highest BCUT2D eigenvalue weighted by Gasteiger charge is 2.33. The summed E-state index contributed by atoms with van der Waals surface area (Å²) in [6.07, 6.45) is 0. The number of aryl methyl sites for hydroxylation is 2. The molecule has 0 aliphatic carbocycles. The van der Waals surface area contributed by atoms with E-state index in [2.05, 4.69) is 5.32 Å². The number of nitrogens with one attached hydrogen (secondary N) is 1. The lowest BCUT2D eigenvalue weighted by atomic mass is 10.1. The van der Waals surface area contributed by atoms with Crippen molar-refractivity contribution in [3.8, 4) is 0 Å². The lowest BCUT2D eigenvalue weighted by Gasteiger charge is -2.33. The second kappa shape index (κ2) is 13.3. The first-order valence-electron chi connectivity index (χ1n) is 12.6. The van der Waals surface area contributed by atoms with Crippen LogP contribution >= 0.6 is 34.8 Å². The minimum atomic E-state index is -4.20. The average molecular weight is 625 g/mol. The molecular weight excluding hydrogens is 593 g/mol. The summed E-state index contributed by atoms with van der Waals surface area (Å²) in [7, 11) is -4.20. The van der Waals surface area contributed by atoms with Gasteiger partial charge < -0.3 is 10.2 Å². The van der Waals surface area contributed by atoms with E-state index in [1.807, 2.05) is 20.8 Å². The van der Waals surface area contributed by atoms with E-state index in [4.69, 9.17) is 34.8 Å². The number of carbonyl (C=O) groups is 2. The fourth-order valence-corrected chi connectivity index (χ4v) is 5.98. The molecule has 3 aromatic carbocycles. The van der Waals surface area contributed by atoms with Crippen molar-refractivity contribution in [2.45, 2.75) is 58.1 Å². The predicted molar refractivity (Wildman–Crippen MR) is 162 cm³/mol. The van der Waals surface area contributed by atoms with Crippen LogP contribution in [0.3, 0.4) is 0 Å². The van der Waals surface area contributed by atoms with E-state index in [0.29, 0.717) is 26.2 Å². The average Bonchev–Trinajstić information content (AvgIpc) is 2.88. The molecule has 3 aromatic rings. The number of carbonyl (C=O) groups excluding carboxylic acids is 2. The molecular formula is C29H32Cl3N3O4S. The summed E-state index contributed by atoms with van der Waals surface area (Å²) in [6, 6.07) is 15.0. The standard InChI is InChI=1S/C29H32Cl3N3O4S/c1-18(2)33-29(37)21(5)34(16-22-9-13-25(31)26(32)14-22)28(36)17-35(27-15-23(30)10-8-20(27)4)40(38,39)24-11-6-19(3)7-12-24/h6-15,18,21H,16-17H2,1-5H3,(H,33,37). The van der Waals surface area contributed by atoms with Gasteiger partial charge >= 0.3 is 0 Å². The van der Waals surface area contributed by atoms with Gasteiger partial charge in [0.15, 0.2) is 0 Å². The van der Waals surface area contributed by atoms with Crippen LogP contribution in [0.5, 0.6) is 0 Å². The number of halogens is 3. The van der Waals surface area contributed by atoms with Crippen molar-refractivity contribution in [3.63, 3.8) is 0 Å². The Morgan fingerprint density at radius 3 is 2.12 bits per heavy atom. The zero-order chi connectivity index (χ0) is 29.8. The molecule has 40 heavy (non-hydrogen) atoms. The molecule has 7 nitrogen and oxygen atoms in total. The molecule has 0 aliphatic heterocycles. The van der Waals surface area contributed by atoms with Crippen LogP contribution < -0.4 is 9.62 Å². The molecule has 0 bridgehead atoms. The zero-order valence-electron chi connectivity index (χ0n) is 22.9. The summed E-state index contributed by atoms with van der Waals surface area (Å²) in [5.74, 6) is -0.970. The molecule has 1 atom stereocenters. The molecule has 0 aliphatic rings. The van der Waals surface area contributed by atoms with Crippen molar-refractivity contribution < 1.29 is 18.0 Å². The van der Waals surface area contributed by atoms with E-state index in [0.717, 1.165) is 9.87 Å². The number of amides is 2. The first-order valence-corrected chi connectivity index (χ1v) is 15.2. The van der Waals surface area contributed by atoms with Gasteiger partial charge in [0.05, 0.1) is 20.6 Å². The summed E-state index contributed by atoms with van der Waals surface area (Å²) in [5.41, 5.74) is 2.38. The molecule has 0 spiro atoms. The van der Waals surface area contributed by atoms with Gasteiger partial charge in [0.25, 0.3) is 10.0 Å². The Hall–Kier alpha value is -2.78. The number of sulfonamides is 1. The Morgan fingerprint density at radius 1 is 0.875 bits per heavy atom. The zero-order valence-corrected chi connectivity index (χ0v) is 26.0. The van der Waals surface area contributed by atoms with Crippen LogP contribution in [0.4, 0.5) is 5.69 Å². The number of rotatable bonds is 10. The van der Waals surface area contributed by atoms with Crippen LogP contribution in [0, 0.1) is 13.8 Å². The van der Waals surface area contributed by atoms with Crippen molar-refractivity contribution in [1.82, 2.24) is 10.2 Å². The fraction of sp³-hybridized carbons (Fsp3) is 0.310. The van der Waals surface area contributed by atoms with Gasteiger partial charge in [-0.25, -0.2) is 8.42 Å². The number of hydrogen-bond acceptors (Lipinski definition) is 4. The summed E-state index contributed by atoms with van der Waals surface area (Å²) in [5, 5.41) is 3.78. The number of nitrogens with zero attached hydrogens (tertiary/aromatic N) is 2. The van der Waals surface area contributed by atoms with Crippen molar-refractivity contribution in [2.75, 3.05) is 10.8 Å². The van der Waals surface area contributed by atoms with Gasteiger partial charge in [-0.1, -0.05) is 64.6 Å². The monoisotopic (exact) mass is 623 g/mol. The van der Waals surface area contributed by atoms with E-state index in [1.165, 1.54) is 23.1 Å². The van der Waals surface area contributed by atoms with Crippen LogP contribution in [0.1, 0.15) is 37.5 Å². The largest absolute Gasteiger partial charge is 0.352 e. The molecule has 0 saturated heterocycles. The third-order valence-electron chi connectivity index (χ3n) is 6.26. The second-order valence-corrected chi connectivity index (χ2v) is 13.0. The van der Waals surface area contributed by atoms with Gasteiger partial charge in [-0.2, -0.15) is 0 Å². The smallest absolute Gasteiger partial charge is 0.264 e. The van der Waals surface area contributed by atoms with E-state index >= 15 is 0 Å². The molecule has 0 aromatic heterocycles. The predicted octanol–water partition coefficient (Wildman–Crippen LogP) is 6.40. The highest BCUT2D eigenvalue weighted by molar-refractivity contribution is 7.92. The highest BCUT2D eigenvalue weighted by atomic mass is 35.5. The molecule has 2 amide bonds. The van der Waals surface area contributed by atoms with Gasteiger partial charge in [0.1, 0.15) is 12.6 Å². The molecule has 0 fully saturated rings.